The van der Waals surface area contributed by atoms with Gasteiger partial charge in [0.25, 0.3) is 0 Å². The predicted octanol–water partition coefficient (Wildman–Crippen LogP) is 12.3. The third-order valence-corrected chi connectivity index (χ3v) is 10.7. The molecule has 0 aromatic heterocycles. The molecule has 3 aliphatic rings. The Morgan fingerprint density at radius 3 is 1.92 bits per heavy atom. The van der Waals surface area contributed by atoms with Gasteiger partial charge in [-0.05, 0) is 114 Å². The van der Waals surface area contributed by atoms with Crippen LogP contribution in [0, 0.1) is 5.41 Å². The Labute approximate surface area is 297 Å². The molecular weight excluding hydrogens is 617 g/mol. The second-order valence-corrected chi connectivity index (χ2v) is 13.6. The zero-order valence-electron chi connectivity index (χ0n) is 28.1. The second kappa shape index (κ2) is 11.8. The number of rotatable bonds is 3. The number of fused-ring (bicyclic) bond motifs is 5. The highest BCUT2D eigenvalue weighted by molar-refractivity contribution is 6.16. The average molecular weight is 651 g/mol. The van der Waals surface area contributed by atoms with Crippen LogP contribution in [0.1, 0.15) is 34.2 Å². The molecule has 2 N–H and O–H groups in total. The maximum atomic E-state index is 8.63. The quantitative estimate of drug-likeness (QED) is 0.196. The van der Waals surface area contributed by atoms with Crippen molar-refractivity contribution in [2.24, 2.45) is 0 Å². The van der Waals surface area contributed by atoms with Crippen LogP contribution < -0.4 is 5.32 Å². The Bertz CT molecular complexity index is 2780. The smallest absolute Gasteiger partial charge is 0.0633 e. The Morgan fingerprint density at radius 2 is 1.18 bits per heavy atom. The minimum Gasteiger partial charge on any atom is -0.360 e. The van der Waals surface area contributed by atoms with Crippen molar-refractivity contribution in [3.8, 4) is 22.3 Å². The first-order chi connectivity index (χ1) is 25.2. The molecule has 0 unspecified atom stereocenters. The van der Waals surface area contributed by atoms with Gasteiger partial charge in [0, 0.05) is 22.9 Å². The molecule has 0 radical (unpaired) electrons. The molecule has 51 heavy (non-hydrogen) atoms. The summed E-state index contributed by atoms with van der Waals surface area (Å²) in [6.45, 7) is 0. The lowest BCUT2D eigenvalue weighted by Gasteiger charge is -2.26. The van der Waals surface area contributed by atoms with E-state index < -0.39 is 0 Å². The minimum atomic E-state index is 0.511. The van der Waals surface area contributed by atoms with Gasteiger partial charge in [0.1, 0.15) is 0 Å². The van der Waals surface area contributed by atoms with Crippen LogP contribution in [0.25, 0.3) is 71.9 Å². The molecular formula is C49H34N2. The number of hydrogen-bond acceptors (Lipinski definition) is 2. The molecule has 1 aliphatic heterocycles. The van der Waals surface area contributed by atoms with Crippen LogP contribution in [-0.4, -0.2) is 5.71 Å². The second-order valence-electron chi connectivity index (χ2n) is 13.6. The molecule has 0 saturated heterocycles. The summed E-state index contributed by atoms with van der Waals surface area (Å²) in [4.78, 5) is 0. The van der Waals surface area contributed by atoms with Crippen molar-refractivity contribution >= 4 is 55.4 Å². The van der Waals surface area contributed by atoms with Crippen LogP contribution in [0.5, 0.6) is 0 Å². The summed E-state index contributed by atoms with van der Waals surface area (Å²) in [6, 6.07) is 46.9. The normalized spacial score (nSPS) is 16.3. The van der Waals surface area contributed by atoms with Crippen LogP contribution in [0.15, 0.2) is 170 Å². The summed E-state index contributed by atoms with van der Waals surface area (Å²) in [5, 5.41) is 19.8. The van der Waals surface area contributed by atoms with E-state index in [1.807, 2.05) is 24.3 Å². The Kier molecular flexibility index (Phi) is 6.82. The summed E-state index contributed by atoms with van der Waals surface area (Å²) in [6.07, 6.45) is 16.7. The van der Waals surface area contributed by atoms with Gasteiger partial charge >= 0.3 is 0 Å². The summed E-state index contributed by atoms with van der Waals surface area (Å²) < 4.78 is 0. The van der Waals surface area contributed by atoms with Gasteiger partial charge in [0.2, 0.25) is 0 Å². The van der Waals surface area contributed by atoms with E-state index in [-0.39, 0.29) is 0 Å². The van der Waals surface area contributed by atoms with Crippen molar-refractivity contribution in [1.82, 2.24) is 5.32 Å². The summed E-state index contributed by atoms with van der Waals surface area (Å²) >= 11 is 0. The molecule has 0 amide bonds. The van der Waals surface area contributed by atoms with Crippen LogP contribution in [0.2, 0.25) is 0 Å². The first-order valence-electron chi connectivity index (χ1n) is 17.7. The molecule has 10 rings (SSSR count). The fourth-order valence-corrected chi connectivity index (χ4v) is 8.33. The van der Waals surface area contributed by atoms with E-state index in [9.17, 15) is 0 Å². The van der Waals surface area contributed by atoms with E-state index in [1.54, 1.807) is 0 Å². The molecule has 1 heterocycles. The third-order valence-electron chi connectivity index (χ3n) is 10.7. The molecule has 2 aliphatic carbocycles. The molecule has 0 fully saturated rings. The fraction of sp³-hybridized carbons (Fsp3) is 0.0408. The van der Waals surface area contributed by atoms with E-state index in [0.29, 0.717) is 5.71 Å². The topological polar surface area (TPSA) is 35.9 Å². The lowest BCUT2D eigenvalue weighted by molar-refractivity contribution is 0.991. The van der Waals surface area contributed by atoms with Crippen LogP contribution in [0.4, 0.5) is 0 Å². The first-order valence-corrected chi connectivity index (χ1v) is 17.7. The zero-order chi connectivity index (χ0) is 33.9. The molecule has 0 spiro atoms. The Hall–Kier alpha value is -6.51. The van der Waals surface area contributed by atoms with Crippen molar-refractivity contribution in [3.05, 3.63) is 197 Å². The van der Waals surface area contributed by atoms with E-state index in [1.165, 1.54) is 65.7 Å². The van der Waals surface area contributed by atoms with Gasteiger partial charge < -0.3 is 10.7 Å². The number of nitrogens with one attached hydrogen (secondary N) is 2. The van der Waals surface area contributed by atoms with Crippen LogP contribution in [-0.2, 0) is 6.42 Å². The summed E-state index contributed by atoms with van der Waals surface area (Å²) in [5.41, 5.74) is 14.8. The van der Waals surface area contributed by atoms with E-state index in [4.69, 9.17) is 5.41 Å². The van der Waals surface area contributed by atoms with Crippen molar-refractivity contribution in [1.29, 1.82) is 5.41 Å². The van der Waals surface area contributed by atoms with Crippen molar-refractivity contribution in [2.45, 2.75) is 12.8 Å². The van der Waals surface area contributed by atoms with E-state index in [0.717, 1.165) is 46.4 Å². The third kappa shape index (κ3) is 4.83. The molecule has 0 bridgehead atoms. The van der Waals surface area contributed by atoms with Crippen molar-refractivity contribution in [3.63, 3.8) is 0 Å². The molecule has 2 heteroatoms. The molecule has 0 saturated carbocycles. The lowest BCUT2D eigenvalue weighted by Crippen LogP contribution is -2.17. The van der Waals surface area contributed by atoms with E-state index >= 15 is 0 Å². The number of hydrogen-bond donors (Lipinski definition) is 2. The largest absolute Gasteiger partial charge is 0.360 e. The van der Waals surface area contributed by atoms with E-state index in [2.05, 4.69) is 151 Å². The summed E-state index contributed by atoms with van der Waals surface area (Å²) in [5.74, 6) is 0. The Balaban J connectivity index is 1.25. The van der Waals surface area contributed by atoms with Crippen molar-refractivity contribution < 1.29 is 0 Å². The van der Waals surface area contributed by atoms with Gasteiger partial charge in [0.05, 0.1) is 11.4 Å². The SMILES string of the molecule is N=C1C=CC=C/C1=C1/NC=C(c2ccc3c(-c4ccc5ccccc5c4)c4c(c(-c5ccc6ccccc6c5)c3c2)C=CCC4)c2ccccc21. The van der Waals surface area contributed by atoms with Gasteiger partial charge in [-0.25, -0.2) is 0 Å². The highest BCUT2D eigenvalue weighted by Gasteiger charge is 2.25. The van der Waals surface area contributed by atoms with Gasteiger partial charge in [-0.1, -0.05) is 140 Å². The zero-order valence-corrected chi connectivity index (χ0v) is 28.1. The Morgan fingerprint density at radius 1 is 0.529 bits per heavy atom. The lowest BCUT2D eigenvalue weighted by atomic mass is 9.78. The molecule has 240 valence electrons. The van der Waals surface area contributed by atoms with Crippen LogP contribution in [0.3, 0.4) is 0 Å². The minimum absolute atomic E-state index is 0.511. The molecule has 0 atom stereocenters. The molecule has 2 nitrogen and oxygen atoms in total. The number of allylic oxidation sites excluding steroid dienone is 6. The van der Waals surface area contributed by atoms with Gasteiger partial charge in [-0.3, -0.25) is 0 Å². The van der Waals surface area contributed by atoms with Crippen molar-refractivity contribution in [2.75, 3.05) is 0 Å². The maximum Gasteiger partial charge on any atom is 0.0633 e. The first kappa shape index (κ1) is 29.4. The fourth-order valence-electron chi connectivity index (χ4n) is 8.33. The predicted molar refractivity (Wildman–Crippen MR) is 217 cm³/mol. The average Bonchev–Trinajstić information content (AvgIpc) is 3.19. The number of benzene rings is 7. The van der Waals surface area contributed by atoms with Gasteiger partial charge in [-0.2, -0.15) is 0 Å². The molecule has 7 aromatic carbocycles. The highest BCUT2D eigenvalue weighted by Crippen LogP contribution is 2.47. The van der Waals surface area contributed by atoms with Gasteiger partial charge in [0.15, 0.2) is 0 Å². The van der Waals surface area contributed by atoms with Crippen LogP contribution >= 0.6 is 0 Å². The standard InChI is InChI=1S/C49H34N2/c50-46-20-10-9-19-43(46)49-42-18-8-5-15-38(42)45(30-51-49)35-25-26-41-44(29-35)48(37-24-22-32-12-2-4-14-34(32)28-37)40-17-7-6-16-39(40)47(41)36-23-21-31-11-1-3-13-33(31)27-36/h1-5,7-15,17-30,50-51H,6,16H2/b49-43-,50-46?. The monoisotopic (exact) mass is 650 g/mol. The highest BCUT2D eigenvalue weighted by atomic mass is 14.9. The molecule has 7 aromatic rings. The maximum absolute atomic E-state index is 8.63. The summed E-state index contributed by atoms with van der Waals surface area (Å²) in [7, 11) is 0. The van der Waals surface area contributed by atoms with Gasteiger partial charge in [-0.15, -0.1) is 0 Å².